The Kier molecular flexibility index (Phi) is 6.58. The van der Waals surface area contributed by atoms with Gasteiger partial charge in [0, 0.05) is 30.0 Å². The molecule has 4 nitrogen and oxygen atoms in total. The van der Waals surface area contributed by atoms with Crippen molar-refractivity contribution in [2.75, 3.05) is 11.4 Å². The second kappa shape index (κ2) is 9.11. The number of para-hydroxylation sites is 1. The van der Waals surface area contributed by atoms with E-state index in [1.807, 2.05) is 53.6 Å². The third kappa shape index (κ3) is 4.93. The smallest absolute Gasteiger partial charge is 0.250 e. The number of carbonyl (C=O) groups excluding carboxylic acids is 2. The summed E-state index contributed by atoms with van der Waals surface area (Å²) in [5, 5.41) is 1.99. The molecule has 0 unspecified atom stereocenters. The van der Waals surface area contributed by atoms with Crippen molar-refractivity contribution in [2.45, 2.75) is 38.6 Å². The van der Waals surface area contributed by atoms with Gasteiger partial charge < -0.3 is 10.6 Å². The van der Waals surface area contributed by atoms with Crippen molar-refractivity contribution in [3.05, 3.63) is 64.4 Å². The Morgan fingerprint density at radius 2 is 2.07 bits per heavy atom. The van der Waals surface area contributed by atoms with E-state index in [4.69, 9.17) is 5.73 Å². The van der Waals surface area contributed by atoms with E-state index in [2.05, 4.69) is 6.07 Å². The van der Waals surface area contributed by atoms with Crippen LogP contribution in [0.25, 0.3) is 0 Å². The summed E-state index contributed by atoms with van der Waals surface area (Å²) >= 11 is 1.62. The van der Waals surface area contributed by atoms with Crippen LogP contribution in [-0.2, 0) is 22.4 Å². The van der Waals surface area contributed by atoms with E-state index in [-0.39, 0.29) is 17.6 Å². The van der Waals surface area contributed by atoms with Gasteiger partial charge in [0.2, 0.25) is 0 Å². The Morgan fingerprint density at radius 1 is 1.26 bits per heavy atom. The number of carbonyl (C=O) groups is 2. The third-order valence-corrected chi connectivity index (χ3v) is 5.97. The molecule has 0 radical (unpaired) electrons. The van der Waals surface area contributed by atoms with Gasteiger partial charge in [0.05, 0.1) is 6.04 Å². The fraction of sp³-hybridized carbons (Fsp3) is 0.364. The summed E-state index contributed by atoms with van der Waals surface area (Å²) in [5.41, 5.74) is 8.28. The average Bonchev–Trinajstić information content (AvgIpc) is 3.34. The molecule has 1 aliphatic heterocycles. The van der Waals surface area contributed by atoms with Crippen LogP contribution >= 0.6 is 11.3 Å². The van der Waals surface area contributed by atoms with Crippen LogP contribution < -0.4 is 10.6 Å². The Labute approximate surface area is 164 Å². The number of thiophene rings is 1. The fourth-order valence-electron chi connectivity index (χ4n) is 3.39. The molecular formula is C22H26N2O2S. The Hall–Kier alpha value is -2.24. The van der Waals surface area contributed by atoms with Crippen LogP contribution in [0.1, 0.15) is 30.2 Å². The lowest BCUT2D eigenvalue weighted by atomic mass is 9.94. The molecule has 1 aromatic carbocycles. The molecule has 27 heavy (non-hydrogen) atoms. The number of nitrogens with zero attached hydrogens (tertiary/aromatic N) is 1. The minimum atomic E-state index is -0.479. The van der Waals surface area contributed by atoms with Gasteiger partial charge in [0.1, 0.15) is 5.78 Å². The predicted molar refractivity (Wildman–Crippen MR) is 111 cm³/mol. The van der Waals surface area contributed by atoms with E-state index in [1.165, 1.54) is 5.56 Å². The molecule has 2 atom stereocenters. The van der Waals surface area contributed by atoms with E-state index in [0.717, 1.165) is 23.4 Å². The molecule has 2 aromatic rings. The van der Waals surface area contributed by atoms with Gasteiger partial charge in [-0.05, 0) is 47.9 Å². The number of nitrogens with two attached hydrogens (primary N) is 1. The number of benzene rings is 1. The second-order valence-electron chi connectivity index (χ2n) is 6.96. The zero-order valence-corrected chi connectivity index (χ0v) is 16.5. The number of Topliss-reactive ketones (excluding diaryl/α,β-unsaturated/α-hetero) is 1. The average molecular weight is 383 g/mol. The zero-order valence-electron chi connectivity index (χ0n) is 15.6. The number of anilines is 1. The normalized spacial score (nSPS) is 15.7. The first-order valence-corrected chi connectivity index (χ1v) is 10.3. The molecule has 2 heterocycles. The van der Waals surface area contributed by atoms with Gasteiger partial charge in [0.15, 0.2) is 0 Å². The van der Waals surface area contributed by atoms with Crippen LogP contribution in [0.3, 0.4) is 0 Å². The minimum Gasteiger partial charge on any atom is -0.321 e. The highest BCUT2D eigenvalue weighted by Crippen LogP contribution is 2.27. The van der Waals surface area contributed by atoms with E-state index in [9.17, 15) is 9.59 Å². The fourth-order valence-corrected chi connectivity index (χ4v) is 4.16. The molecule has 0 saturated heterocycles. The molecule has 0 aliphatic carbocycles. The summed E-state index contributed by atoms with van der Waals surface area (Å²) in [5.74, 6) is 0.0706. The van der Waals surface area contributed by atoms with Crippen LogP contribution in [0.2, 0.25) is 0 Å². The number of rotatable bonds is 8. The molecule has 0 spiro atoms. The Morgan fingerprint density at radius 3 is 2.81 bits per heavy atom. The van der Waals surface area contributed by atoms with Crippen molar-refractivity contribution < 1.29 is 9.59 Å². The van der Waals surface area contributed by atoms with Gasteiger partial charge in [-0.3, -0.25) is 9.59 Å². The molecular weight excluding hydrogens is 356 g/mol. The monoisotopic (exact) mass is 382 g/mol. The molecule has 3 rings (SSSR count). The Bertz CT molecular complexity index is 813. The van der Waals surface area contributed by atoms with Gasteiger partial charge in [-0.2, -0.15) is 0 Å². The molecule has 0 bridgehead atoms. The summed E-state index contributed by atoms with van der Waals surface area (Å²) < 4.78 is 0. The highest BCUT2D eigenvalue weighted by Gasteiger charge is 2.23. The maximum atomic E-state index is 12.6. The lowest BCUT2D eigenvalue weighted by Crippen LogP contribution is -2.33. The number of hydrogen-bond donors (Lipinski definition) is 1. The van der Waals surface area contributed by atoms with Crippen molar-refractivity contribution in [3.8, 4) is 0 Å². The standard InChI is InChI=1S/C22H26N2O2S/c1-2-16(14-21(25)19(23)15-18-7-5-13-27-18)9-10-22(26)24-12-11-17-6-3-4-8-20(17)24/h3-10,13,16,19H,2,11-12,14-15,23H2,1H3/b10-9+/t16-,19-/m0/s1. The molecule has 1 aliphatic rings. The van der Waals surface area contributed by atoms with E-state index >= 15 is 0 Å². The summed E-state index contributed by atoms with van der Waals surface area (Å²) in [7, 11) is 0. The first-order chi connectivity index (χ1) is 13.1. The largest absolute Gasteiger partial charge is 0.321 e. The quantitative estimate of drug-likeness (QED) is 0.707. The van der Waals surface area contributed by atoms with E-state index < -0.39 is 6.04 Å². The maximum absolute atomic E-state index is 12.6. The van der Waals surface area contributed by atoms with Gasteiger partial charge in [-0.25, -0.2) is 0 Å². The topological polar surface area (TPSA) is 63.4 Å². The van der Waals surface area contributed by atoms with Gasteiger partial charge in [-0.15, -0.1) is 11.3 Å². The number of ketones is 1. The van der Waals surface area contributed by atoms with Crippen LogP contribution in [0.4, 0.5) is 5.69 Å². The van der Waals surface area contributed by atoms with Crippen molar-refractivity contribution in [1.82, 2.24) is 0 Å². The first-order valence-electron chi connectivity index (χ1n) is 9.46. The molecule has 142 valence electrons. The molecule has 0 fully saturated rings. The second-order valence-corrected chi connectivity index (χ2v) is 7.99. The minimum absolute atomic E-state index is 0.0197. The zero-order chi connectivity index (χ0) is 19.2. The molecule has 2 N–H and O–H groups in total. The van der Waals surface area contributed by atoms with Crippen LogP contribution in [0, 0.1) is 5.92 Å². The van der Waals surface area contributed by atoms with Crippen LogP contribution in [0.15, 0.2) is 53.9 Å². The number of amides is 1. The summed E-state index contributed by atoms with van der Waals surface area (Å²) in [6.45, 7) is 2.74. The predicted octanol–water partition coefficient (Wildman–Crippen LogP) is 3.75. The molecule has 1 amide bonds. The highest BCUT2D eigenvalue weighted by atomic mass is 32.1. The van der Waals surface area contributed by atoms with E-state index in [1.54, 1.807) is 17.4 Å². The van der Waals surface area contributed by atoms with Gasteiger partial charge in [-0.1, -0.05) is 37.3 Å². The van der Waals surface area contributed by atoms with Crippen molar-refractivity contribution in [1.29, 1.82) is 0 Å². The maximum Gasteiger partial charge on any atom is 0.250 e. The van der Waals surface area contributed by atoms with Gasteiger partial charge in [0.25, 0.3) is 5.91 Å². The SMILES string of the molecule is CC[C@@H](/C=C/C(=O)N1CCc2ccccc21)CC(=O)[C@@H](N)Cc1cccs1. The highest BCUT2D eigenvalue weighted by molar-refractivity contribution is 7.09. The summed E-state index contributed by atoms with van der Waals surface area (Å²) in [6.07, 6.45) is 6.15. The summed E-state index contributed by atoms with van der Waals surface area (Å²) in [6, 6.07) is 11.5. The number of allylic oxidation sites excluding steroid dienone is 1. The lowest BCUT2D eigenvalue weighted by molar-refractivity contribution is -0.121. The lowest BCUT2D eigenvalue weighted by Gasteiger charge is -2.16. The number of hydrogen-bond acceptors (Lipinski definition) is 4. The van der Waals surface area contributed by atoms with Crippen molar-refractivity contribution >= 4 is 28.7 Å². The Balaban J connectivity index is 1.56. The van der Waals surface area contributed by atoms with Crippen LogP contribution in [0.5, 0.6) is 0 Å². The summed E-state index contributed by atoms with van der Waals surface area (Å²) in [4.78, 5) is 28.0. The van der Waals surface area contributed by atoms with Gasteiger partial charge >= 0.3 is 0 Å². The number of fused-ring (bicyclic) bond motifs is 1. The van der Waals surface area contributed by atoms with Crippen molar-refractivity contribution in [3.63, 3.8) is 0 Å². The first kappa shape index (κ1) is 19.5. The van der Waals surface area contributed by atoms with Crippen molar-refractivity contribution in [2.24, 2.45) is 11.7 Å². The van der Waals surface area contributed by atoms with Crippen LogP contribution in [-0.4, -0.2) is 24.3 Å². The molecule has 1 aromatic heterocycles. The molecule has 0 saturated carbocycles. The van der Waals surface area contributed by atoms with E-state index in [0.29, 0.717) is 19.4 Å². The third-order valence-electron chi connectivity index (χ3n) is 5.07. The molecule has 5 heteroatoms.